The largest absolute Gasteiger partial charge is 0.338 e. The van der Waals surface area contributed by atoms with Gasteiger partial charge >= 0.3 is 12.1 Å². The maximum atomic E-state index is 12.2. The van der Waals surface area contributed by atoms with Gasteiger partial charge in [-0.1, -0.05) is 60.3 Å². The van der Waals surface area contributed by atoms with Gasteiger partial charge in [0, 0.05) is 50.3 Å². The Morgan fingerprint density at radius 2 is 1.00 bits per heavy atom. The van der Waals surface area contributed by atoms with Crippen LogP contribution in [0.5, 0.6) is 0 Å². The van der Waals surface area contributed by atoms with Crippen LogP contribution in [-0.2, 0) is 13.1 Å². The first-order valence-corrected chi connectivity index (χ1v) is 11.6. The third-order valence-electron chi connectivity index (χ3n) is 5.02. The van der Waals surface area contributed by atoms with Crippen LogP contribution in [0.4, 0.5) is 9.59 Å². The Labute approximate surface area is 200 Å². The summed E-state index contributed by atoms with van der Waals surface area (Å²) in [5.41, 5.74) is 2.07. The van der Waals surface area contributed by atoms with Gasteiger partial charge in [0.2, 0.25) is 0 Å². The highest BCUT2D eigenvalue weighted by atomic mass is 35.5. The molecule has 0 aliphatic rings. The van der Waals surface area contributed by atoms with Gasteiger partial charge in [0.05, 0.1) is 0 Å². The van der Waals surface area contributed by atoms with E-state index in [-0.39, 0.29) is 12.1 Å². The molecule has 0 atom stereocenters. The highest BCUT2D eigenvalue weighted by molar-refractivity contribution is 6.30. The topological polar surface area (TPSA) is 64.7 Å². The van der Waals surface area contributed by atoms with Crippen LogP contribution >= 0.6 is 23.2 Å². The van der Waals surface area contributed by atoms with Gasteiger partial charge in [-0.15, -0.1) is 0 Å². The lowest BCUT2D eigenvalue weighted by atomic mass is 10.2. The van der Waals surface area contributed by atoms with Crippen molar-refractivity contribution < 1.29 is 9.59 Å². The van der Waals surface area contributed by atoms with E-state index >= 15 is 0 Å². The first kappa shape index (κ1) is 25.8. The molecule has 0 radical (unpaired) electrons. The summed E-state index contributed by atoms with van der Waals surface area (Å²) in [6.07, 6.45) is 3.81. The molecule has 0 saturated carbocycles. The Kier molecular flexibility index (Phi) is 11.2. The van der Waals surface area contributed by atoms with Crippen LogP contribution in [0, 0.1) is 0 Å². The minimum Gasteiger partial charge on any atom is -0.338 e. The van der Waals surface area contributed by atoms with Crippen molar-refractivity contribution in [3.8, 4) is 0 Å². The number of halogens is 2. The summed E-state index contributed by atoms with van der Waals surface area (Å²) < 4.78 is 0. The van der Waals surface area contributed by atoms with Crippen molar-refractivity contribution >= 4 is 35.3 Å². The van der Waals surface area contributed by atoms with Crippen molar-refractivity contribution in [1.82, 2.24) is 20.4 Å². The van der Waals surface area contributed by atoms with E-state index in [1.807, 2.05) is 48.5 Å². The minimum absolute atomic E-state index is 0.0871. The molecule has 0 bridgehead atoms. The number of amides is 4. The van der Waals surface area contributed by atoms with Crippen molar-refractivity contribution in [2.45, 2.75) is 38.8 Å². The molecule has 0 aromatic heterocycles. The van der Waals surface area contributed by atoms with Gasteiger partial charge in [0.1, 0.15) is 0 Å². The monoisotopic (exact) mass is 478 g/mol. The predicted octanol–water partition coefficient (Wildman–Crippen LogP) is 5.54. The number of urea groups is 2. The van der Waals surface area contributed by atoms with E-state index < -0.39 is 0 Å². The second-order valence-electron chi connectivity index (χ2n) is 7.84. The molecule has 2 aromatic carbocycles. The van der Waals surface area contributed by atoms with E-state index in [0.29, 0.717) is 36.2 Å². The quantitative estimate of drug-likeness (QED) is 0.416. The molecular formula is C24H32Cl2N4O2. The van der Waals surface area contributed by atoms with Crippen LogP contribution in [0.15, 0.2) is 48.5 Å². The molecule has 2 N–H and O–H groups in total. The Bertz CT molecular complexity index is 773. The summed E-state index contributed by atoms with van der Waals surface area (Å²) in [6, 6.07) is 14.8. The van der Waals surface area contributed by atoms with Gasteiger partial charge in [-0.3, -0.25) is 0 Å². The van der Waals surface area contributed by atoms with Gasteiger partial charge in [-0.2, -0.15) is 0 Å². The molecule has 0 heterocycles. The number of nitrogens with one attached hydrogen (secondary N) is 2. The highest BCUT2D eigenvalue weighted by Gasteiger charge is 2.09. The zero-order valence-electron chi connectivity index (χ0n) is 18.7. The lowest BCUT2D eigenvalue weighted by Crippen LogP contribution is -2.37. The summed E-state index contributed by atoms with van der Waals surface area (Å²) in [5, 5.41) is 7.25. The van der Waals surface area contributed by atoms with E-state index in [0.717, 1.165) is 36.8 Å². The van der Waals surface area contributed by atoms with Crippen LogP contribution in [0.1, 0.15) is 36.8 Å². The Hall–Kier alpha value is -2.44. The number of nitrogens with zero attached hydrogens (tertiary/aromatic N) is 2. The summed E-state index contributed by atoms with van der Waals surface area (Å²) in [7, 11) is 3.55. The number of hydrogen-bond donors (Lipinski definition) is 2. The SMILES string of the molecule is CN(Cc1ccc(Cl)cc1)C(=O)NCCCCCCNC(=O)N(C)Cc1ccc(Cl)cc1. The van der Waals surface area contributed by atoms with Crippen LogP contribution in [0.2, 0.25) is 10.0 Å². The molecule has 6 nitrogen and oxygen atoms in total. The highest BCUT2D eigenvalue weighted by Crippen LogP contribution is 2.12. The Balaban J connectivity index is 1.49. The second kappa shape index (κ2) is 13.9. The maximum Gasteiger partial charge on any atom is 0.317 e. The van der Waals surface area contributed by atoms with E-state index in [2.05, 4.69) is 10.6 Å². The molecule has 2 rings (SSSR count). The first-order valence-electron chi connectivity index (χ1n) is 10.8. The molecule has 8 heteroatoms. The van der Waals surface area contributed by atoms with Crippen molar-refractivity contribution in [1.29, 1.82) is 0 Å². The molecule has 0 fully saturated rings. The van der Waals surface area contributed by atoms with Crippen LogP contribution in [0.3, 0.4) is 0 Å². The fourth-order valence-electron chi connectivity index (χ4n) is 3.14. The third-order valence-corrected chi connectivity index (χ3v) is 5.52. The van der Waals surface area contributed by atoms with Crippen LogP contribution in [-0.4, -0.2) is 49.0 Å². The van der Waals surface area contributed by atoms with Gasteiger partial charge in [-0.25, -0.2) is 9.59 Å². The normalized spacial score (nSPS) is 10.5. The fraction of sp³-hybridized carbons (Fsp3) is 0.417. The summed E-state index contributed by atoms with van der Waals surface area (Å²) in [5.74, 6) is 0. The second-order valence-corrected chi connectivity index (χ2v) is 8.72. The first-order chi connectivity index (χ1) is 15.3. The van der Waals surface area contributed by atoms with Crippen LogP contribution < -0.4 is 10.6 Å². The zero-order valence-corrected chi connectivity index (χ0v) is 20.3. The number of carbonyl (C=O) groups excluding carboxylic acids is 2. The average Bonchev–Trinajstić information content (AvgIpc) is 2.78. The van der Waals surface area contributed by atoms with E-state index in [1.54, 1.807) is 23.9 Å². The van der Waals surface area contributed by atoms with Crippen LogP contribution in [0.25, 0.3) is 0 Å². The fourth-order valence-corrected chi connectivity index (χ4v) is 3.39. The molecule has 0 spiro atoms. The molecule has 174 valence electrons. The predicted molar refractivity (Wildman–Crippen MR) is 131 cm³/mol. The smallest absolute Gasteiger partial charge is 0.317 e. The third kappa shape index (κ3) is 9.79. The van der Waals surface area contributed by atoms with Crippen molar-refractivity contribution in [3.05, 3.63) is 69.7 Å². The molecule has 0 saturated heterocycles. The number of hydrogen-bond acceptors (Lipinski definition) is 2. The molecule has 32 heavy (non-hydrogen) atoms. The zero-order chi connectivity index (χ0) is 23.3. The minimum atomic E-state index is -0.0871. The van der Waals surface area contributed by atoms with Crippen molar-refractivity contribution in [2.24, 2.45) is 0 Å². The van der Waals surface area contributed by atoms with Crippen molar-refractivity contribution in [2.75, 3.05) is 27.2 Å². The van der Waals surface area contributed by atoms with E-state index in [1.165, 1.54) is 0 Å². The summed E-state index contributed by atoms with van der Waals surface area (Å²) in [4.78, 5) is 27.6. The summed E-state index contributed by atoms with van der Waals surface area (Å²) in [6.45, 7) is 2.35. The lowest BCUT2D eigenvalue weighted by Gasteiger charge is -2.18. The molecular weight excluding hydrogens is 447 g/mol. The number of benzene rings is 2. The molecule has 4 amide bonds. The Morgan fingerprint density at radius 3 is 1.34 bits per heavy atom. The van der Waals surface area contributed by atoms with Gasteiger partial charge in [0.15, 0.2) is 0 Å². The number of unbranched alkanes of at least 4 members (excludes halogenated alkanes) is 3. The molecule has 0 aliphatic carbocycles. The van der Waals surface area contributed by atoms with Gasteiger partial charge in [0.25, 0.3) is 0 Å². The van der Waals surface area contributed by atoms with Crippen molar-refractivity contribution in [3.63, 3.8) is 0 Å². The van der Waals surface area contributed by atoms with Gasteiger partial charge < -0.3 is 20.4 Å². The standard InChI is InChI=1S/C24H32Cl2N4O2/c1-29(17-19-7-11-21(25)12-8-19)23(31)27-15-5-3-4-6-16-28-24(32)30(2)18-20-9-13-22(26)14-10-20/h7-14H,3-6,15-18H2,1-2H3,(H,27,31)(H,28,32). The molecule has 2 aromatic rings. The summed E-state index contributed by atoms with van der Waals surface area (Å²) >= 11 is 11.8. The van der Waals surface area contributed by atoms with E-state index in [9.17, 15) is 9.59 Å². The number of carbonyl (C=O) groups is 2. The van der Waals surface area contributed by atoms with E-state index in [4.69, 9.17) is 23.2 Å². The Morgan fingerprint density at radius 1 is 0.656 bits per heavy atom. The lowest BCUT2D eigenvalue weighted by molar-refractivity contribution is 0.205. The van der Waals surface area contributed by atoms with Gasteiger partial charge in [-0.05, 0) is 48.2 Å². The molecule has 0 unspecified atom stereocenters. The maximum absolute atomic E-state index is 12.2. The molecule has 0 aliphatic heterocycles. The average molecular weight is 479 g/mol. The number of rotatable bonds is 11.